The summed E-state index contributed by atoms with van der Waals surface area (Å²) in [7, 11) is 0. The SMILES string of the molecule is Cl.Cl.O=C(CC1COCCN1)Nc1ccc2ncccc2c1. The fraction of sp³-hybridized carbons (Fsp3) is 0.333. The van der Waals surface area contributed by atoms with Crippen molar-refractivity contribution in [2.75, 3.05) is 25.1 Å². The van der Waals surface area contributed by atoms with Crippen LogP contribution in [0.15, 0.2) is 36.5 Å². The number of halogens is 2. The highest BCUT2D eigenvalue weighted by atomic mass is 35.5. The Bertz CT molecular complexity index is 619. The second-order valence-electron chi connectivity index (χ2n) is 4.89. The normalized spacial score (nSPS) is 17.2. The van der Waals surface area contributed by atoms with Crippen molar-refractivity contribution in [3.8, 4) is 0 Å². The van der Waals surface area contributed by atoms with Crippen molar-refractivity contribution in [3.63, 3.8) is 0 Å². The maximum atomic E-state index is 12.0. The third-order valence-corrected chi connectivity index (χ3v) is 3.32. The molecule has 1 aromatic carbocycles. The minimum atomic E-state index is -0.00348. The van der Waals surface area contributed by atoms with Gasteiger partial charge in [-0.25, -0.2) is 0 Å². The fourth-order valence-electron chi connectivity index (χ4n) is 2.34. The van der Waals surface area contributed by atoms with Gasteiger partial charge in [0.15, 0.2) is 0 Å². The summed E-state index contributed by atoms with van der Waals surface area (Å²) in [4.78, 5) is 16.3. The maximum Gasteiger partial charge on any atom is 0.226 e. The van der Waals surface area contributed by atoms with Crippen LogP contribution in [0.1, 0.15) is 6.42 Å². The lowest BCUT2D eigenvalue weighted by atomic mass is 10.1. The molecule has 7 heteroatoms. The quantitative estimate of drug-likeness (QED) is 0.898. The van der Waals surface area contributed by atoms with Gasteiger partial charge in [0.1, 0.15) is 0 Å². The largest absolute Gasteiger partial charge is 0.378 e. The highest BCUT2D eigenvalue weighted by Gasteiger charge is 2.16. The van der Waals surface area contributed by atoms with E-state index in [0.717, 1.165) is 29.7 Å². The average Bonchev–Trinajstić information content (AvgIpc) is 2.48. The predicted molar refractivity (Wildman–Crippen MR) is 92.1 cm³/mol. The van der Waals surface area contributed by atoms with E-state index in [2.05, 4.69) is 15.6 Å². The van der Waals surface area contributed by atoms with Gasteiger partial charge in [-0.1, -0.05) is 6.07 Å². The second-order valence-corrected chi connectivity index (χ2v) is 4.89. The summed E-state index contributed by atoms with van der Waals surface area (Å²) in [6, 6.07) is 9.69. The second kappa shape index (κ2) is 8.90. The third kappa shape index (κ3) is 4.81. The summed E-state index contributed by atoms with van der Waals surface area (Å²) < 4.78 is 5.34. The number of fused-ring (bicyclic) bond motifs is 1. The Labute approximate surface area is 141 Å². The van der Waals surface area contributed by atoms with E-state index in [1.807, 2.05) is 30.3 Å². The standard InChI is InChI=1S/C15H17N3O2.2ClH/c19-15(9-13-10-20-7-6-16-13)18-12-3-4-14-11(8-12)2-1-5-17-14;;/h1-5,8,13,16H,6-7,9-10H2,(H,18,19);2*1H. The lowest BCUT2D eigenvalue weighted by molar-refractivity contribution is -0.117. The van der Waals surface area contributed by atoms with Crippen molar-refractivity contribution in [2.24, 2.45) is 0 Å². The molecule has 1 saturated heterocycles. The van der Waals surface area contributed by atoms with Crippen LogP contribution in [0.25, 0.3) is 10.9 Å². The molecule has 0 saturated carbocycles. The van der Waals surface area contributed by atoms with Crippen molar-refractivity contribution >= 4 is 47.3 Å². The van der Waals surface area contributed by atoms with Gasteiger partial charge in [0.2, 0.25) is 5.91 Å². The Hall–Kier alpha value is -1.40. The first-order chi connectivity index (χ1) is 9.81. The topological polar surface area (TPSA) is 63.2 Å². The summed E-state index contributed by atoms with van der Waals surface area (Å²) in [6.07, 6.45) is 2.18. The molecule has 5 nitrogen and oxygen atoms in total. The molecule has 3 rings (SSSR count). The maximum absolute atomic E-state index is 12.0. The number of nitrogens with zero attached hydrogens (tertiary/aromatic N) is 1. The third-order valence-electron chi connectivity index (χ3n) is 3.32. The molecule has 1 unspecified atom stereocenters. The molecular formula is C15H19Cl2N3O2. The van der Waals surface area contributed by atoms with Gasteiger partial charge < -0.3 is 15.4 Å². The lowest BCUT2D eigenvalue weighted by Crippen LogP contribution is -2.43. The Morgan fingerprint density at radius 2 is 2.23 bits per heavy atom. The predicted octanol–water partition coefficient (Wildman–Crippen LogP) is 2.40. The van der Waals surface area contributed by atoms with Gasteiger partial charge in [0.25, 0.3) is 0 Å². The molecular weight excluding hydrogens is 325 g/mol. The van der Waals surface area contributed by atoms with Crippen LogP contribution in [-0.4, -0.2) is 36.7 Å². The van der Waals surface area contributed by atoms with Gasteiger partial charge >= 0.3 is 0 Å². The van der Waals surface area contributed by atoms with Crippen LogP contribution in [-0.2, 0) is 9.53 Å². The summed E-state index contributed by atoms with van der Waals surface area (Å²) >= 11 is 0. The van der Waals surface area contributed by atoms with Crippen LogP contribution in [0.4, 0.5) is 5.69 Å². The molecule has 0 aliphatic carbocycles. The number of benzene rings is 1. The van der Waals surface area contributed by atoms with E-state index in [9.17, 15) is 4.79 Å². The molecule has 1 aromatic heterocycles. The monoisotopic (exact) mass is 343 g/mol. The van der Waals surface area contributed by atoms with Gasteiger partial charge in [-0.3, -0.25) is 9.78 Å². The first kappa shape index (κ1) is 18.6. The molecule has 22 heavy (non-hydrogen) atoms. The van der Waals surface area contributed by atoms with E-state index < -0.39 is 0 Å². The number of nitrogens with one attached hydrogen (secondary N) is 2. The van der Waals surface area contributed by atoms with Gasteiger partial charge in [-0.2, -0.15) is 0 Å². The average molecular weight is 344 g/mol. The number of rotatable bonds is 3. The molecule has 0 radical (unpaired) electrons. The number of pyridine rings is 1. The summed E-state index contributed by atoms with van der Waals surface area (Å²) in [5, 5.41) is 7.21. The smallest absolute Gasteiger partial charge is 0.226 e. The first-order valence-electron chi connectivity index (χ1n) is 6.77. The molecule has 120 valence electrons. The van der Waals surface area contributed by atoms with Crippen LogP contribution < -0.4 is 10.6 Å². The highest BCUT2D eigenvalue weighted by Crippen LogP contribution is 2.17. The number of anilines is 1. The van der Waals surface area contributed by atoms with Crippen LogP contribution in [0.5, 0.6) is 0 Å². The minimum Gasteiger partial charge on any atom is -0.378 e. The first-order valence-corrected chi connectivity index (χ1v) is 6.77. The van der Waals surface area contributed by atoms with E-state index in [1.165, 1.54) is 0 Å². The zero-order valence-electron chi connectivity index (χ0n) is 12.0. The van der Waals surface area contributed by atoms with Crippen LogP contribution in [0.3, 0.4) is 0 Å². The molecule has 1 atom stereocenters. The number of amides is 1. The lowest BCUT2D eigenvalue weighted by Gasteiger charge is -2.23. The number of hydrogen-bond donors (Lipinski definition) is 2. The molecule has 2 heterocycles. The number of carbonyl (C=O) groups is 1. The van der Waals surface area contributed by atoms with Crippen molar-refractivity contribution < 1.29 is 9.53 Å². The van der Waals surface area contributed by atoms with Gasteiger partial charge in [0.05, 0.1) is 18.7 Å². The molecule has 1 aliphatic heterocycles. The van der Waals surface area contributed by atoms with Crippen molar-refractivity contribution in [2.45, 2.75) is 12.5 Å². The van der Waals surface area contributed by atoms with E-state index in [4.69, 9.17) is 4.74 Å². The zero-order chi connectivity index (χ0) is 13.8. The summed E-state index contributed by atoms with van der Waals surface area (Å²) in [6.45, 7) is 2.12. The van der Waals surface area contributed by atoms with E-state index >= 15 is 0 Å². The van der Waals surface area contributed by atoms with Gasteiger partial charge in [-0.15, -0.1) is 24.8 Å². The molecule has 2 aromatic rings. The Balaban J connectivity index is 0.00000121. The molecule has 0 bridgehead atoms. The Kier molecular flexibility index (Phi) is 7.55. The van der Waals surface area contributed by atoms with Crippen molar-refractivity contribution in [1.82, 2.24) is 10.3 Å². The van der Waals surface area contributed by atoms with Crippen molar-refractivity contribution in [3.05, 3.63) is 36.5 Å². The molecule has 1 fully saturated rings. The van der Waals surface area contributed by atoms with Crippen LogP contribution in [0, 0.1) is 0 Å². The summed E-state index contributed by atoms with van der Waals surface area (Å²) in [5.41, 5.74) is 1.72. The van der Waals surface area contributed by atoms with Crippen molar-refractivity contribution in [1.29, 1.82) is 0 Å². The van der Waals surface area contributed by atoms with Crippen LogP contribution >= 0.6 is 24.8 Å². The fourth-order valence-corrected chi connectivity index (χ4v) is 2.34. The van der Waals surface area contributed by atoms with Crippen LogP contribution in [0.2, 0.25) is 0 Å². The number of carbonyl (C=O) groups excluding carboxylic acids is 1. The number of morpholine rings is 1. The Morgan fingerprint density at radius 3 is 3.00 bits per heavy atom. The molecule has 2 N–H and O–H groups in total. The molecule has 1 amide bonds. The minimum absolute atomic E-state index is 0. The Morgan fingerprint density at radius 1 is 1.36 bits per heavy atom. The highest BCUT2D eigenvalue weighted by molar-refractivity contribution is 5.93. The number of ether oxygens (including phenoxy) is 1. The molecule has 0 spiro atoms. The number of aromatic nitrogens is 1. The molecule has 1 aliphatic rings. The number of hydrogen-bond acceptors (Lipinski definition) is 4. The van der Waals surface area contributed by atoms with Gasteiger partial charge in [-0.05, 0) is 24.3 Å². The summed E-state index contributed by atoms with van der Waals surface area (Å²) in [5.74, 6) is -0.00348. The van der Waals surface area contributed by atoms with Gasteiger partial charge in [0, 0.05) is 36.3 Å². The zero-order valence-corrected chi connectivity index (χ0v) is 13.6. The van der Waals surface area contributed by atoms with E-state index in [1.54, 1.807) is 6.20 Å². The van der Waals surface area contributed by atoms with E-state index in [-0.39, 0.29) is 36.8 Å². The van der Waals surface area contributed by atoms with E-state index in [0.29, 0.717) is 13.0 Å².